The smallest absolute Gasteiger partial charge is 0.405 e. The molecule has 1 aliphatic rings. The normalized spacial score (nSPS) is 20.5. The third kappa shape index (κ3) is 5.35. The monoisotopic (exact) mass is 305 g/mol. The highest BCUT2D eigenvalue weighted by atomic mass is 16.4. The molecule has 0 saturated heterocycles. The molecule has 0 fully saturated rings. The first kappa shape index (κ1) is 16.3. The van der Waals surface area contributed by atoms with Crippen LogP contribution in [0.2, 0.25) is 0 Å². The van der Waals surface area contributed by atoms with Crippen molar-refractivity contribution in [1.29, 1.82) is 0 Å². The maximum atomic E-state index is 11.7. The summed E-state index contributed by atoms with van der Waals surface area (Å²) in [5.74, 6) is 0.108. The highest BCUT2D eigenvalue weighted by Crippen LogP contribution is 2.20. The number of rotatable bonds is 1. The van der Waals surface area contributed by atoms with Crippen LogP contribution in [0.15, 0.2) is 18.3 Å². The lowest BCUT2D eigenvalue weighted by Crippen LogP contribution is -2.28. The maximum absolute atomic E-state index is 11.7. The van der Waals surface area contributed by atoms with Crippen molar-refractivity contribution in [2.45, 2.75) is 51.0 Å². The Labute approximate surface area is 130 Å². The van der Waals surface area contributed by atoms with Gasteiger partial charge in [0.1, 0.15) is 0 Å². The molecule has 120 valence electrons. The van der Waals surface area contributed by atoms with Crippen LogP contribution in [0.3, 0.4) is 0 Å². The van der Waals surface area contributed by atoms with Crippen LogP contribution in [-0.4, -0.2) is 28.6 Å². The average molecular weight is 305 g/mol. The van der Waals surface area contributed by atoms with Gasteiger partial charge in [-0.3, -0.25) is 9.78 Å². The van der Waals surface area contributed by atoms with Gasteiger partial charge < -0.3 is 15.7 Å². The van der Waals surface area contributed by atoms with Crippen molar-refractivity contribution >= 4 is 12.0 Å². The van der Waals surface area contributed by atoms with Crippen LogP contribution in [0.4, 0.5) is 4.79 Å². The minimum absolute atomic E-state index is 0.108. The summed E-state index contributed by atoms with van der Waals surface area (Å²) in [6.45, 7) is 0.694. The number of nitrogens with one attached hydrogen (secondary N) is 2. The zero-order valence-corrected chi connectivity index (χ0v) is 12.7. The third-order valence-electron chi connectivity index (χ3n) is 3.86. The number of carboxylic acid groups (broad SMARTS) is 1. The number of hydrogen-bond donors (Lipinski definition) is 3. The summed E-state index contributed by atoms with van der Waals surface area (Å²) in [5.41, 5.74) is 1.86. The Morgan fingerprint density at radius 2 is 2.14 bits per heavy atom. The van der Waals surface area contributed by atoms with E-state index in [4.69, 9.17) is 5.11 Å². The minimum Gasteiger partial charge on any atom is -0.465 e. The molecule has 1 aromatic heterocycles. The maximum Gasteiger partial charge on any atom is 0.405 e. The van der Waals surface area contributed by atoms with E-state index in [1.807, 2.05) is 12.1 Å². The number of aryl methyl sites for hydroxylation is 1. The average Bonchev–Trinajstić information content (AvgIpc) is 2.48. The molecule has 0 spiro atoms. The SMILES string of the molecule is O=C(O)N[C@H]1CCCCCNC(=O)CCCc2ccnc1c2. The zero-order valence-electron chi connectivity index (χ0n) is 12.7. The van der Waals surface area contributed by atoms with E-state index < -0.39 is 6.09 Å². The summed E-state index contributed by atoms with van der Waals surface area (Å²) in [5, 5.41) is 14.5. The van der Waals surface area contributed by atoms with Crippen LogP contribution < -0.4 is 10.6 Å². The fraction of sp³-hybridized carbons (Fsp3) is 0.562. The first-order chi connectivity index (χ1) is 10.6. The number of nitrogens with zero attached hydrogens (tertiary/aromatic N) is 1. The summed E-state index contributed by atoms with van der Waals surface area (Å²) in [6.07, 6.45) is 6.28. The molecule has 1 atom stereocenters. The predicted octanol–water partition coefficient (Wildman–Crippen LogP) is 2.40. The van der Waals surface area contributed by atoms with Gasteiger partial charge in [0.15, 0.2) is 0 Å². The second-order valence-corrected chi connectivity index (χ2v) is 5.64. The van der Waals surface area contributed by atoms with Gasteiger partial charge in [-0.1, -0.05) is 12.8 Å². The minimum atomic E-state index is -1.02. The van der Waals surface area contributed by atoms with E-state index in [0.29, 0.717) is 13.0 Å². The Morgan fingerprint density at radius 3 is 2.95 bits per heavy atom. The number of carbonyl (C=O) groups excluding carboxylic acids is 1. The van der Waals surface area contributed by atoms with Crippen molar-refractivity contribution in [3.05, 3.63) is 29.6 Å². The molecule has 1 aromatic rings. The summed E-state index contributed by atoms with van der Waals surface area (Å²) in [7, 11) is 0. The highest BCUT2D eigenvalue weighted by Gasteiger charge is 2.16. The van der Waals surface area contributed by atoms with E-state index in [-0.39, 0.29) is 11.9 Å². The van der Waals surface area contributed by atoms with Gasteiger partial charge in [-0.15, -0.1) is 0 Å². The molecule has 0 unspecified atom stereocenters. The predicted molar refractivity (Wildman–Crippen MR) is 82.6 cm³/mol. The summed E-state index contributed by atoms with van der Waals surface area (Å²) in [6, 6.07) is 3.60. The largest absolute Gasteiger partial charge is 0.465 e. The van der Waals surface area contributed by atoms with E-state index in [2.05, 4.69) is 15.6 Å². The van der Waals surface area contributed by atoms with Crippen molar-refractivity contribution in [3.8, 4) is 0 Å². The Morgan fingerprint density at radius 1 is 1.27 bits per heavy atom. The van der Waals surface area contributed by atoms with Crippen LogP contribution in [-0.2, 0) is 11.2 Å². The molecule has 2 amide bonds. The van der Waals surface area contributed by atoms with Crippen molar-refractivity contribution in [2.75, 3.05) is 6.54 Å². The molecular formula is C16H23N3O3. The molecule has 22 heavy (non-hydrogen) atoms. The molecular weight excluding hydrogens is 282 g/mol. The number of amides is 2. The number of hydrogen-bond acceptors (Lipinski definition) is 3. The van der Waals surface area contributed by atoms with Crippen LogP contribution >= 0.6 is 0 Å². The van der Waals surface area contributed by atoms with E-state index in [1.165, 1.54) is 0 Å². The van der Waals surface area contributed by atoms with Gasteiger partial charge in [0.2, 0.25) is 5.91 Å². The van der Waals surface area contributed by atoms with Crippen molar-refractivity contribution in [3.63, 3.8) is 0 Å². The lowest BCUT2D eigenvalue weighted by Gasteiger charge is -2.17. The topological polar surface area (TPSA) is 91.3 Å². The molecule has 2 heterocycles. The van der Waals surface area contributed by atoms with Gasteiger partial charge in [0, 0.05) is 19.2 Å². The molecule has 6 nitrogen and oxygen atoms in total. The van der Waals surface area contributed by atoms with Crippen LogP contribution in [0.1, 0.15) is 55.8 Å². The molecule has 2 rings (SSSR count). The quantitative estimate of drug-likeness (QED) is 0.743. The molecule has 0 radical (unpaired) electrons. The van der Waals surface area contributed by atoms with Gasteiger partial charge in [0.25, 0.3) is 0 Å². The standard InChI is InChI=1S/C16H23N3O3/c20-15-7-4-5-12-8-10-17-14(11-12)13(19-16(21)22)6-2-1-3-9-18-15/h8,10-11,13,19H,1-7,9H2,(H,18,20)(H,21,22)/t13-/m0/s1. The van der Waals surface area contributed by atoms with Crippen molar-refractivity contribution < 1.29 is 14.7 Å². The van der Waals surface area contributed by atoms with Crippen LogP contribution in [0, 0.1) is 0 Å². The van der Waals surface area contributed by atoms with E-state index in [1.54, 1.807) is 6.20 Å². The Hall–Kier alpha value is -2.11. The van der Waals surface area contributed by atoms with Gasteiger partial charge >= 0.3 is 6.09 Å². The summed E-state index contributed by atoms with van der Waals surface area (Å²) in [4.78, 5) is 27.0. The van der Waals surface area contributed by atoms with Crippen molar-refractivity contribution in [2.24, 2.45) is 0 Å². The first-order valence-electron chi connectivity index (χ1n) is 7.86. The van der Waals surface area contributed by atoms with Gasteiger partial charge in [-0.2, -0.15) is 0 Å². The fourth-order valence-corrected chi connectivity index (χ4v) is 2.70. The van der Waals surface area contributed by atoms with Gasteiger partial charge in [0.05, 0.1) is 11.7 Å². The molecule has 3 N–H and O–H groups in total. The lowest BCUT2D eigenvalue weighted by molar-refractivity contribution is -0.121. The Kier molecular flexibility index (Phi) is 6.18. The second-order valence-electron chi connectivity index (χ2n) is 5.64. The Bertz CT molecular complexity index is 519. The highest BCUT2D eigenvalue weighted by molar-refractivity contribution is 5.75. The Balaban J connectivity index is 2.12. The molecule has 0 aliphatic carbocycles. The first-order valence-corrected chi connectivity index (χ1v) is 7.86. The number of pyridine rings is 1. The molecule has 2 bridgehead atoms. The molecule has 6 heteroatoms. The lowest BCUT2D eigenvalue weighted by atomic mass is 10.0. The number of aromatic nitrogens is 1. The molecule has 1 aliphatic heterocycles. The van der Waals surface area contributed by atoms with Crippen molar-refractivity contribution in [1.82, 2.24) is 15.6 Å². The third-order valence-corrected chi connectivity index (χ3v) is 3.86. The van der Waals surface area contributed by atoms with E-state index in [9.17, 15) is 9.59 Å². The van der Waals surface area contributed by atoms with Crippen LogP contribution in [0.5, 0.6) is 0 Å². The van der Waals surface area contributed by atoms with Gasteiger partial charge in [-0.25, -0.2) is 4.79 Å². The number of fused-ring (bicyclic) bond motifs is 2. The molecule has 0 aromatic carbocycles. The number of carbonyl (C=O) groups is 2. The van der Waals surface area contributed by atoms with Crippen LogP contribution in [0.25, 0.3) is 0 Å². The zero-order chi connectivity index (χ0) is 15.8. The summed E-state index contributed by atoms with van der Waals surface area (Å²) < 4.78 is 0. The van der Waals surface area contributed by atoms with Gasteiger partial charge in [-0.05, 0) is 43.4 Å². The summed E-state index contributed by atoms with van der Waals surface area (Å²) >= 11 is 0. The van der Waals surface area contributed by atoms with E-state index >= 15 is 0 Å². The molecule has 0 saturated carbocycles. The fourth-order valence-electron chi connectivity index (χ4n) is 2.70. The second kappa shape index (κ2) is 8.36. The van der Waals surface area contributed by atoms with E-state index in [0.717, 1.165) is 49.8 Å².